The molecular weight excluding hydrogens is 398 g/mol. The van der Waals surface area contributed by atoms with Gasteiger partial charge in [-0.15, -0.1) is 0 Å². The first kappa shape index (κ1) is 20.6. The van der Waals surface area contributed by atoms with E-state index in [-0.39, 0.29) is 12.5 Å². The summed E-state index contributed by atoms with van der Waals surface area (Å²) in [5.41, 5.74) is 0.927. The van der Waals surface area contributed by atoms with Crippen molar-refractivity contribution in [1.82, 2.24) is 25.0 Å². The van der Waals surface area contributed by atoms with Crippen LogP contribution in [0.15, 0.2) is 47.4 Å². The first-order valence-corrected chi connectivity index (χ1v) is 9.80. The number of methoxy groups -OCH3 is 1. The molecule has 1 saturated heterocycles. The number of carbonyl (C=O) groups is 1. The van der Waals surface area contributed by atoms with Crippen LogP contribution in [0.5, 0.6) is 0 Å². The number of anilines is 1. The van der Waals surface area contributed by atoms with Crippen LogP contribution in [0.3, 0.4) is 0 Å². The van der Waals surface area contributed by atoms with E-state index in [1.54, 1.807) is 50.0 Å². The maximum atomic E-state index is 12.4. The molecule has 4 rings (SSSR count). The molecule has 10 nitrogen and oxygen atoms in total. The van der Waals surface area contributed by atoms with Crippen molar-refractivity contribution in [3.05, 3.63) is 54.3 Å². The van der Waals surface area contributed by atoms with Gasteiger partial charge in [0.25, 0.3) is 5.89 Å². The highest BCUT2D eigenvalue weighted by molar-refractivity contribution is 5.92. The van der Waals surface area contributed by atoms with Gasteiger partial charge in [-0.1, -0.05) is 11.2 Å². The van der Waals surface area contributed by atoms with Crippen molar-refractivity contribution >= 4 is 11.6 Å². The minimum absolute atomic E-state index is 0.136. The van der Waals surface area contributed by atoms with Gasteiger partial charge in [0.15, 0.2) is 0 Å². The first-order chi connectivity index (χ1) is 15.1. The summed E-state index contributed by atoms with van der Waals surface area (Å²) in [7, 11) is 1.62. The Labute approximate surface area is 178 Å². The standard InChI is InChI=1S/C21H21N7O3/c1-30-21(20-26-19(27-31-20)17-13-23-7-8-24-17)5-9-28(10-6-21)14-18(29)25-16-4-2-3-15(11-16)12-22/h2-4,7-8,11,13H,5-6,9-10,14H2,1H3,(H,25,29). The minimum atomic E-state index is -0.707. The van der Waals surface area contributed by atoms with Gasteiger partial charge in [-0.05, 0) is 31.0 Å². The van der Waals surface area contributed by atoms with Crippen molar-refractivity contribution in [2.24, 2.45) is 0 Å². The van der Waals surface area contributed by atoms with Gasteiger partial charge in [0.1, 0.15) is 11.3 Å². The fraction of sp³-hybridized carbons (Fsp3) is 0.333. The molecular formula is C21H21N7O3. The highest BCUT2D eigenvalue weighted by atomic mass is 16.5. The van der Waals surface area contributed by atoms with E-state index < -0.39 is 5.60 Å². The van der Waals surface area contributed by atoms with E-state index in [9.17, 15) is 4.79 Å². The molecule has 1 N–H and O–H groups in total. The van der Waals surface area contributed by atoms with E-state index in [2.05, 4.69) is 31.5 Å². The molecule has 0 aliphatic carbocycles. The van der Waals surface area contributed by atoms with Crippen LogP contribution in [0.2, 0.25) is 0 Å². The minimum Gasteiger partial charge on any atom is -0.368 e. The van der Waals surface area contributed by atoms with Crippen LogP contribution in [-0.2, 0) is 15.1 Å². The lowest BCUT2D eigenvalue weighted by atomic mass is 9.91. The second-order valence-electron chi connectivity index (χ2n) is 7.23. The average molecular weight is 419 g/mol. The van der Waals surface area contributed by atoms with Crippen molar-refractivity contribution in [2.75, 3.05) is 32.1 Å². The Morgan fingerprint density at radius 3 is 2.90 bits per heavy atom. The molecule has 1 amide bonds. The van der Waals surface area contributed by atoms with Crippen molar-refractivity contribution in [2.45, 2.75) is 18.4 Å². The highest BCUT2D eigenvalue weighted by Gasteiger charge is 2.42. The third-order valence-electron chi connectivity index (χ3n) is 5.31. The molecule has 1 aromatic carbocycles. The summed E-state index contributed by atoms with van der Waals surface area (Å²) in [6.45, 7) is 1.50. The van der Waals surface area contributed by atoms with E-state index in [1.165, 1.54) is 0 Å². The summed E-state index contributed by atoms with van der Waals surface area (Å²) in [5.74, 6) is 0.622. The van der Waals surface area contributed by atoms with Gasteiger partial charge in [-0.3, -0.25) is 14.7 Å². The van der Waals surface area contributed by atoms with Crippen LogP contribution in [0.1, 0.15) is 24.3 Å². The number of nitrogens with zero attached hydrogens (tertiary/aromatic N) is 6. The van der Waals surface area contributed by atoms with Crippen LogP contribution in [0, 0.1) is 11.3 Å². The fourth-order valence-corrected chi connectivity index (χ4v) is 3.57. The molecule has 10 heteroatoms. The molecule has 158 valence electrons. The molecule has 1 aliphatic rings. The average Bonchev–Trinajstić information content (AvgIpc) is 3.31. The van der Waals surface area contributed by atoms with Gasteiger partial charge in [-0.25, -0.2) is 4.98 Å². The third kappa shape index (κ3) is 4.58. The number of rotatable bonds is 6. The first-order valence-electron chi connectivity index (χ1n) is 9.80. The second kappa shape index (κ2) is 8.99. The molecule has 3 heterocycles. The number of carbonyl (C=O) groups excluding carboxylic acids is 1. The summed E-state index contributed by atoms with van der Waals surface area (Å²) in [4.78, 5) is 27.1. The summed E-state index contributed by atoms with van der Waals surface area (Å²) in [5, 5.41) is 15.8. The number of likely N-dealkylation sites (tertiary alicyclic amines) is 1. The zero-order chi connectivity index (χ0) is 21.7. The third-order valence-corrected chi connectivity index (χ3v) is 5.31. The smallest absolute Gasteiger partial charge is 0.259 e. The van der Waals surface area contributed by atoms with E-state index in [1.807, 2.05) is 4.90 Å². The molecule has 0 unspecified atom stereocenters. The Morgan fingerprint density at radius 1 is 1.35 bits per heavy atom. The number of benzene rings is 1. The number of ether oxygens (including phenoxy) is 1. The van der Waals surface area contributed by atoms with Crippen molar-refractivity contribution in [1.29, 1.82) is 5.26 Å². The van der Waals surface area contributed by atoms with E-state index in [0.717, 1.165) is 0 Å². The number of nitrogens with one attached hydrogen (secondary N) is 1. The SMILES string of the molecule is COC1(c2nc(-c3cnccn3)no2)CCN(CC(=O)Nc2cccc(C#N)c2)CC1. The van der Waals surface area contributed by atoms with Gasteiger partial charge in [0, 0.05) is 38.3 Å². The number of nitriles is 1. The van der Waals surface area contributed by atoms with Gasteiger partial charge in [0.2, 0.25) is 11.7 Å². The number of hydrogen-bond donors (Lipinski definition) is 1. The molecule has 0 bridgehead atoms. The van der Waals surface area contributed by atoms with E-state index >= 15 is 0 Å². The number of hydrogen-bond acceptors (Lipinski definition) is 9. The molecule has 0 spiro atoms. The maximum absolute atomic E-state index is 12.4. The normalized spacial score (nSPS) is 15.9. The largest absolute Gasteiger partial charge is 0.368 e. The summed E-state index contributed by atoms with van der Waals surface area (Å²) < 4.78 is 11.3. The Hall–Kier alpha value is -3.68. The van der Waals surface area contributed by atoms with Crippen LogP contribution in [0.4, 0.5) is 5.69 Å². The van der Waals surface area contributed by atoms with E-state index in [0.29, 0.717) is 54.6 Å². The molecule has 0 atom stereocenters. The monoisotopic (exact) mass is 419 g/mol. The molecule has 0 saturated carbocycles. The fourth-order valence-electron chi connectivity index (χ4n) is 3.57. The molecule has 3 aromatic rings. The molecule has 1 aliphatic heterocycles. The topological polar surface area (TPSA) is 130 Å². The molecule has 0 radical (unpaired) electrons. The van der Waals surface area contributed by atoms with Gasteiger partial charge >= 0.3 is 0 Å². The second-order valence-corrected chi connectivity index (χ2v) is 7.23. The quantitative estimate of drug-likeness (QED) is 0.637. The Bertz CT molecular complexity index is 1090. The summed E-state index contributed by atoms with van der Waals surface area (Å²) in [6.07, 6.45) is 5.91. The summed E-state index contributed by atoms with van der Waals surface area (Å²) >= 11 is 0. The maximum Gasteiger partial charge on any atom is 0.259 e. The molecule has 2 aromatic heterocycles. The number of piperidine rings is 1. The predicted molar refractivity (Wildman–Crippen MR) is 109 cm³/mol. The summed E-state index contributed by atoms with van der Waals surface area (Å²) in [6, 6.07) is 8.90. The molecule has 1 fully saturated rings. The lowest BCUT2D eigenvalue weighted by Crippen LogP contribution is -2.46. The van der Waals surface area contributed by atoms with Gasteiger partial charge < -0.3 is 14.6 Å². The molecule has 31 heavy (non-hydrogen) atoms. The Balaban J connectivity index is 1.37. The zero-order valence-corrected chi connectivity index (χ0v) is 17.0. The van der Waals surface area contributed by atoms with Crippen molar-refractivity contribution in [3.8, 4) is 17.6 Å². The predicted octanol–water partition coefficient (Wildman–Crippen LogP) is 1.97. The number of amides is 1. The van der Waals surface area contributed by atoms with Crippen LogP contribution < -0.4 is 5.32 Å². The van der Waals surface area contributed by atoms with Crippen LogP contribution in [0.25, 0.3) is 11.5 Å². The van der Waals surface area contributed by atoms with Crippen molar-refractivity contribution < 1.29 is 14.1 Å². The van der Waals surface area contributed by atoms with Crippen LogP contribution in [-0.4, -0.2) is 57.7 Å². The lowest BCUT2D eigenvalue weighted by Gasteiger charge is -2.37. The number of aromatic nitrogens is 4. The highest BCUT2D eigenvalue weighted by Crippen LogP contribution is 2.35. The zero-order valence-electron chi connectivity index (χ0n) is 17.0. The van der Waals surface area contributed by atoms with E-state index in [4.69, 9.17) is 14.5 Å². The van der Waals surface area contributed by atoms with Crippen LogP contribution >= 0.6 is 0 Å². The van der Waals surface area contributed by atoms with Gasteiger partial charge in [0.05, 0.1) is 24.4 Å². The van der Waals surface area contributed by atoms with Crippen molar-refractivity contribution in [3.63, 3.8) is 0 Å². The Morgan fingerprint density at radius 2 is 2.19 bits per heavy atom. The Kier molecular flexibility index (Phi) is 5.97. The van der Waals surface area contributed by atoms with Gasteiger partial charge in [-0.2, -0.15) is 10.2 Å². The lowest BCUT2D eigenvalue weighted by molar-refractivity contribution is -0.120.